The molecule has 1 aromatic carbocycles. The molecule has 0 saturated carbocycles. The molecule has 3 rings (SSSR count). The zero-order valence-electron chi connectivity index (χ0n) is 15.9. The number of ether oxygens (including phenoxy) is 2. The largest absolute Gasteiger partial charge is 0.493 e. The summed E-state index contributed by atoms with van der Waals surface area (Å²) in [5.41, 5.74) is 1.89. The van der Waals surface area contributed by atoms with Gasteiger partial charge < -0.3 is 19.7 Å². The van der Waals surface area contributed by atoms with Crippen LogP contribution in [0, 0.1) is 0 Å². The Morgan fingerprint density at radius 2 is 2.11 bits per heavy atom. The van der Waals surface area contributed by atoms with Crippen molar-refractivity contribution < 1.29 is 19.1 Å². The predicted octanol–water partition coefficient (Wildman–Crippen LogP) is 2.38. The monoisotopic (exact) mass is 401 g/mol. The normalized spacial score (nSPS) is 16.1. The average molecular weight is 401 g/mol. The minimum atomic E-state index is -0.140. The summed E-state index contributed by atoms with van der Waals surface area (Å²) < 4.78 is 10.6. The number of amides is 2. The lowest BCUT2D eigenvalue weighted by Crippen LogP contribution is -2.33. The van der Waals surface area contributed by atoms with E-state index >= 15 is 0 Å². The second kappa shape index (κ2) is 9.45. The number of carbonyl (C=O) groups excluding carboxylic acids is 2. The van der Waals surface area contributed by atoms with E-state index in [2.05, 4.69) is 10.3 Å². The van der Waals surface area contributed by atoms with Gasteiger partial charge in [-0.15, -0.1) is 11.8 Å². The maximum absolute atomic E-state index is 12.3. The summed E-state index contributed by atoms with van der Waals surface area (Å²) in [6.07, 6.45) is 3.65. The molecule has 28 heavy (non-hydrogen) atoms. The van der Waals surface area contributed by atoms with Crippen LogP contribution in [0.1, 0.15) is 22.9 Å². The van der Waals surface area contributed by atoms with Crippen LogP contribution in [0.3, 0.4) is 0 Å². The first-order valence-corrected chi connectivity index (χ1v) is 9.96. The van der Waals surface area contributed by atoms with Crippen molar-refractivity contribution >= 4 is 23.6 Å². The number of carbonyl (C=O) groups is 2. The van der Waals surface area contributed by atoms with Crippen LogP contribution in [0.2, 0.25) is 0 Å². The highest BCUT2D eigenvalue weighted by molar-refractivity contribution is 8.00. The Labute approximate surface area is 168 Å². The lowest BCUT2D eigenvalue weighted by atomic mass is 10.1. The molecule has 0 bridgehead atoms. The Bertz CT molecular complexity index is 831. The number of methoxy groups -OCH3 is 2. The van der Waals surface area contributed by atoms with Crippen molar-refractivity contribution in [1.29, 1.82) is 0 Å². The van der Waals surface area contributed by atoms with Crippen molar-refractivity contribution in [2.75, 3.05) is 26.5 Å². The molecule has 1 saturated heterocycles. The number of nitrogens with zero attached hydrogens (tertiary/aromatic N) is 2. The number of thioether (sulfide) groups is 1. The van der Waals surface area contributed by atoms with Gasteiger partial charge in [0.1, 0.15) is 5.37 Å². The van der Waals surface area contributed by atoms with Gasteiger partial charge in [0, 0.05) is 31.9 Å². The molecule has 0 spiro atoms. The molecular weight excluding hydrogens is 378 g/mol. The minimum absolute atomic E-state index is 0.0323. The molecule has 1 unspecified atom stereocenters. The highest BCUT2D eigenvalue weighted by Crippen LogP contribution is 2.41. The van der Waals surface area contributed by atoms with Crippen molar-refractivity contribution in [1.82, 2.24) is 15.2 Å². The summed E-state index contributed by atoms with van der Waals surface area (Å²) >= 11 is 1.55. The second-order valence-electron chi connectivity index (χ2n) is 6.25. The van der Waals surface area contributed by atoms with Gasteiger partial charge in [-0.25, -0.2) is 0 Å². The maximum Gasteiger partial charge on any atom is 0.233 e. The molecule has 1 N–H and O–H groups in total. The van der Waals surface area contributed by atoms with E-state index < -0.39 is 0 Å². The van der Waals surface area contributed by atoms with Gasteiger partial charge in [-0.05, 0) is 29.3 Å². The van der Waals surface area contributed by atoms with Crippen molar-refractivity contribution in [2.45, 2.75) is 18.3 Å². The van der Waals surface area contributed by atoms with Crippen LogP contribution in [-0.4, -0.2) is 48.2 Å². The van der Waals surface area contributed by atoms with Crippen molar-refractivity contribution in [2.24, 2.45) is 0 Å². The minimum Gasteiger partial charge on any atom is -0.493 e. The fraction of sp³-hybridized carbons (Fsp3) is 0.350. The van der Waals surface area contributed by atoms with Gasteiger partial charge in [0.05, 0.1) is 20.0 Å². The van der Waals surface area contributed by atoms with Crippen LogP contribution in [0.4, 0.5) is 0 Å². The molecule has 0 radical (unpaired) electrons. The van der Waals surface area contributed by atoms with Crippen LogP contribution in [0.5, 0.6) is 11.5 Å². The summed E-state index contributed by atoms with van der Waals surface area (Å²) in [6.45, 7) is 0.790. The van der Waals surface area contributed by atoms with Crippen molar-refractivity contribution in [3.05, 3.63) is 53.9 Å². The van der Waals surface area contributed by atoms with Gasteiger partial charge >= 0.3 is 0 Å². The van der Waals surface area contributed by atoms with Gasteiger partial charge in [-0.3, -0.25) is 14.6 Å². The summed E-state index contributed by atoms with van der Waals surface area (Å²) in [5.74, 6) is 1.59. The maximum atomic E-state index is 12.3. The molecule has 7 nitrogen and oxygen atoms in total. The molecule has 2 amide bonds. The van der Waals surface area contributed by atoms with Crippen molar-refractivity contribution in [3.63, 3.8) is 0 Å². The fourth-order valence-corrected chi connectivity index (χ4v) is 4.20. The van der Waals surface area contributed by atoms with Gasteiger partial charge in [0.2, 0.25) is 11.8 Å². The van der Waals surface area contributed by atoms with Crippen LogP contribution in [0.25, 0.3) is 0 Å². The molecular formula is C20H23N3O4S. The number of nitrogens with one attached hydrogen (secondary N) is 1. The molecule has 1 aliphatic rings. The number of aromatic nitrogens is 1. The van der Waals surface area contributed by atoms with E-state index in [1.165, 1.54) is 0 Å². The number of rotatable bonds is 8. The lowest BCUT2D eigenvalue weighted by Gasteiger charge is -2.24. The Morgan fingerprint density at radius 1 is 1.29 bits per heavy atom. The summed E-state index contributed by atoms with van der Waals surface area (Å²) in [5, 5.41) is 2.73. The van der Waals surface area contributed by atoms with Gasteiger partial charge in [0.15, 0.2) is 11.5 Å². The van der Waals surface area contributed by atoms with E-state index in [0.29, 0.717) is 30.3 Å². The quantitative estimate of drug-likeness (QED) is 0.732. The van der Waals surface area contributed by atoms with E-state index in [9.17, 15) is 9.59 Å². The summed E-state index contributed by atoms with van der Waals surface area (Å²) in [4.78, 5) is 30.3. The van der Waals surface area contributed by atoms with E-state index in [4.69, 9.17) is 9.47 Å². The number of hydrogen-bond donors (Lipinski definition) is 1. The highest BCUT2D eigenvalue weighted by Gasteiger charge is 2.33. The first kappa shape index (κ1) is 20.0. The molecule has 8 heteroatoms. The zero-order valence-corrected chi connectivity index (χ0v) is 16.7. The molecule has 2 aromatic rings. The number of pyridine rings is 1. The molecule has 148 valence electrons. The Hall–Kier alpha value is -2.74. The van der Waals surface area contributed by atoms with Gasteiger partial charge in [-0.1, -0.05) is 12.1 Å². The highest BCUT2D eigenvalue weighted by atomic mass is 32.2. The molecule has 1 fully saturated rings. The number of hydrogen-bond acceptors (Lipinski definition) is 6. The molecule has 1 aromatic heterocycles. The van der Waals surface area contributed by atoms with E-state index in [-0.39, 0.29) is 23.6 Å². The van der Waals surface area contributed by atoms with Crippen LogP contribution in [-0.2, 0) is 16.1 Å². The molecule has 1 atom stereocenters. The van der Waals surface area contributed by atoms with Gasteiger partial charge in [-0.2, -0.15) is 0 Å². The molecule has 0 aliphatic carbocycles. The Morgan fingerprint density at radius 3 is 2.82 bits per heavy atom. The van der Waals surface area contributed by atoms with E-state index in [1.807, 2.05) is 30.3 Å². The fourth-order valence-electron chi connectivity index (χ4n) is 2.99. The summed E-state index contributed by atoms with van der Waals surface area (Å²) in [6, 6.07) is 9.37. The van der Waals surface area contributed by atoms with Crippen LogP contribution >= 0.6 is 11.8 Å². The SMILES string of the molecule is COc1ccc(C2SCC(=O)N2CCC(=O)NCc2cccnc2)cc1OC. The standard InChI is InChI=1S/C20H23N3O4S/c1-26-16-6-5-15(10-17(16)27-2)20-23(19(25)13-28-20)9-7-18(24)22-12-14-4-3-8-21-11-14/h3-6,8,10-11,20H,7,9,12-13H2,1-2H3,(H,22,24). The van der Waals surface area contributed by atoms with E-state index in [0.717, 1.165) is 11.1 Å². The smallest absolute Gasteiger partial charge is 0.233 e. The van der Waals surface area contributed by atoms with Crippen LogP contribution < -0.4 is 14.8 Å². The summed E-state index contributed by atoms with van der Waals surface area (Å²) in [7, 11) is 3.17. The number of benzene rings is 1. The molecule has 1 aliphatic heterocycles. The lowest BCUT2D eigenvalue weighted by molar-refractivity contribution is -0.129. The average Bonchev–Trinajstić information content (AvgIpc) is 3.11. The first-order chi connectivity index (χ1) is 13.6. The third-order valence-electron chi connectivity index (χ3n) is 4.45. The first-order valence-electron chi connectivity index (χ1n) is 8.91. The predicted molar refractivity (Wildman–Crippen MR) is 107 cm³/mol. The topological polar surface area (TPSA) is 80.8 Å². The second-order valence-corrected chi connectivity index (χ2v) is 7.32. The van der Waals surface area contributed by atoms with Crippen LogP contribution in [0.15, 0.2) is 42.7 Å². The zero-order chi connectivity index (χ0) is 19.9. The Balaban J connectivity index is 1.60. The third kappa shape index (κ3) is 4.75. The molecule has 2 heterocycles. The third-order valence-corrected chi connectivity index (χ3v) is 5.71. The Kier molecular flexibility index (Phi) is 6.76. The van der Waals surface area contributed by atoms with Gasteiger partial charge in [0.25, 0.3) is 0 Å². The van der Waals surface area contributed by atoms with Crippen molar-refractivity contribution in [3.8, 4) is 11.5 Å². The van der Waals surface area contributed by atoms with E-state index in [1.54, 1.807) is 43.3 Å².